The van der Waals surface area contributed by atoms with E-state index in [0.717, 1.165) is 83.5 Å². The smallest absolute Gasteiger partial charge is 0.306 e. The first kappa shape index (κ1) is 88.2. The van der Waals surface area contributed by atoms with E-state index in [-0.39, 0.29) is 32.2 Å². The number of ether oxygens (including phenoxy) is 4. The van der Waals surface area contributed by atoms with Crippen LogP contribution in [0.3, 0.4) is 0 Å². The van der Waals surface area contributed by atoms with Gasteiger partial charge < -0.3 is 33.3 Å². The van der Waals surface area contributed by atoms with E-state index < -0.39 is 24.3 Å². The lowest BCUT2D eigenvalue weighted by atomic mass is 10.0. The third kappa shape index (κ3) is 73.6. The predicted molar refractivity (Wildman–Crippen MR) is 394 cm³/mol. The minimum absolute atomic E-state index is 0.148. The molecule has 9 nitrogen and oxygen atoms in total. The van der Waals surface area contributed by atoms with Gasteiger partial charge in [-0.15, -0.1) is 0 Å². The molecule has 9 heteroatoms. The first-order chi connectivity index (χ1) is 45.1. The largest absolute Gasteiger partial charge is 0.545 e. The van der Waals surface area contributed by atoms with Gasteiger partial charge in [-0.2, -0.15) is 0 Å². The van der Waals surface area contributed by atoms with Crippen LogP contribution in [-0.2, 0) is 33.3 Å². The summed E-state index contributed by atoms with van der Waals surface area (Å²) in [5.74, 6) is -2.26. The molecule has 0 aliphatic rings. The van der Waals surface area contributed by atoms with E-state index in [1.54, 1.807) is 0 Å². The molecule has 2 atom stereocenters. The molecule has 0 heterocycles. The number of carboxylic acid groups (broad SMARTS) is 1. The van der Waals surface area contributed by atoms with Crippen molar-refractivity contribution in [2.45, 2.75) is 367 Å². The molecule has 0 rings (SSSR count). The molecule has 0 aromatic rings. The van der Waals surface area contributed by atoms with Crippen LogP contribution < -0.4 is 5.11 Å². The second-order valence-electron chi connectivity index (χ2n) is 27.3. The Morgan fingerprint density at radius 3 is 0.924 bits per heavy atom. The summed E-state index contributed by atoms with van der Waals surface area (Å²) < 4.78 is 22.9. The molecule has 0 radical (unpaired) electrons. The van der Waals surface area contributed by atoms with E-state index in [1.807, 2.05) is 21.1 Å². The summed E-state index contributed by atoms with van der Waals surface area (Å²) in [6.45, 7) is 4.69. The molecule has 0 aromatic heterocycles. The Labute approximate surface area is 569 Å². The minimum atomic E-state index is -1.62. The van der Waals surface area contributed by atoms with E-state index in [1.165, 1.54) is 238 Å². The average Bonchev–Trinajstić information content (AvgIpc) is 3.70. The van der Waals surface area contributed by atoms with Crippen LogP contribution in [-0.4, -0.2) is 82.3 Å². The van der Waals surface area contributed by atoms with Crippen molar-refractivity contribution in [1.82, 2.24) is 0 Å². The molecule has 0 saturated heterocycles. The number of carbonyl (C=O) groups is 3. The van der Waals surface area contributed by atoms with Gasteiger partial charge in [0.15, 0.2) is 12.4 Å². The highest BCUT2D eigenvalue weighted by Crippen LogP contribution is 2.19. The number of esters is 2. The highest BCUT2D eigenvalue weighted by Gasteiger charge is 2.22. The number of carboxylic acids is 1. The third-order valence-electron chi connectivity index (χ3n) is 17.1. The lowest BCUT2D eigenvalue weighted by molar-refractivity contribution is -0.870. The van der Waals surface area contributed by atoms with Gasteiger partial charge in [-0.05, 0) is 77.0 Å². The molecule has 0 amide bonds. The van der Waals surface area contributed by atoms with E-state index in [0.29, 0.717) is 23.9 Å². The summed E-state index contributed by atoms with van der Waals surface area (Å²) in [6.07, 6.45) is 98.0. The van der Waals surface area contributed by atoms with Gasteiger partial charge in [0, 0.05) is 12.8 Å². The molecule has 2 unspecified atom stereocenters. The molecule has 0 aliphatic heterocycles. The molecular weight excluding hydrogens is 1140 g/mol. The van der Waals surface area contributed by atoms with Crippen molar-refractivity contribution in [1.29, 1.82) is 0 Å². The Morgan fingerprint density at radius 2 is 0.620 bits per heavy atom. The normalized spacial score (nSPS) is 13.2. The van der Waals surface area contributed by atoms with Crippen LogP contribution in [0.2, 0.25) is 0 Å². The van der Waals surface area contributed by atoms with Gasteiger partial charge in [-0.3, -0.25) is 9.59 Å². The summed E-state index contributed by atoms with van der Waals surface area (Å²) in [5, 5.41) is 11.8. The van der Waals surface area contributed by atoms with Crippen molar-refractivity contribution in [2.24, 2.45) is 0 Å². The molecule has 0 spiro atoms. The van der Waals surface area contributed by atoms with Gasteiger partial charge in [-0.1, -0.05) is 361 Å². The minimum Gasteiger partial charge on any atom is -0.545 e. The Morgan fingerprint density at radius 1 is 0.337 bits per heavy atom. The van der Waals surface area contributed by atoms with Crippen molar-refractivity contribution < 1.29 is 42.9 Å². The molecule has 0 aromatic carbocycles. The topological polar surface area (TPSA) is 111 Å². The van der Waals surface area contributed by atoms with Crippen LogP contribution in [0.4, 0.5) is 0 Å². The fourth-order valence-electron chi connectivity index (χ4n) is 11.2. The first-order valence-electron chi connectivity index (χ1n) is 38.9. The lowest BCUT2D eigenvalue weighted by Crippen LogP contribution is -2.44. The number of quaternary nitrogens is 1. The number of aliphatic carboxylic acids is 1. The number of hydrogen-bond donors (Lipinski definition) is 0. The van der Waals surface area contributed by atoms with Crippen molar-refractivity contribution in [2.75, 3.05) is 47.5 Å². The third-order valence-corrected chi connectivity index (χ3v) is 17.1. The van der Waals surface area contributed by atoms with Gasteiger partial charge >= 0.3 is 11.9 Å². The SMILES string of the molecule is CC/C=C\C/C=C\C/C=C\C/C=C\C/C=C\C/C=C\C/C=C\C/C=C\CCCCCCCCCCCCCCCCCCC(=O)OC(COC(=O)CCCCCCCCCCCCCCCCCCCCCCCCCCCC)COC(OCC[N+](C)(C)C)C(=O)[O-]. The van der Waals surface area contributed by atoms with Crippen molar-refractivity contribution >= 4 is 17.9 Å². The molecule has 0 aliphatic carbocycles. The van der Waals surface area contributed by atoms with E-state index in [9.17, 15) is 19.5 Å². The summed E-state index contributed by atoms with van der Waals surface area (Å²) in [7, 11) is 5.94. The number of nitrogens with zero attached hydrogens (tertiary/aromatic N) is 1. The number of allylic oxidation sites excluding steroid dienone is 16. The molecule has 92 heavy (non-hydrogen) atoms. The van der Waals surface area contributed by atoms with E-state index in [4.69, 9.17) is 18.9 Å². The van der Waals surface area contributed by atoms with Gasteiger partial charge in [0.1, 0.15) is 13.2 Å². The zero-order valence-corrected chi connectivity index (χ0v) is 60.9. The molecule has 532 valence electrons. The second kappa shape index (κ2) is 73.0. The molecule has 0 saturated carbocycles. The standard InChI is InChI=1S/C83H147NO8/c1-6-8-10-12-14-16-18-20-22-24-26-28-30-32-34-35-36-37-38-39-40-41-42-43-44-45-46-47-48-50-52-54-56-58-60-62-64-66-68-70-72-74-81(86)92-79(78-91-83(82(87)88)89-76-75-84(3,4)5)77-90-80(85)73-71-69-67-65-63-61-59-57-55-53-51-49-33-31-29-27-25-23-21-19-17-15-13-11-9-7-2/h8,10,14,16,20,22,26,28,32,34,36-37,39-40,42-43,79,83H,6-7,9,11-13,15,17-19,21,23-25,27,29-31,33,35,38,41,44-78H2,1-5H3/b10-8-,16-14-,22-20-,28-26-,34-32-,37-36-,40-39-,43-42-. The second-order valence-corrected chi connectivity index (χ2v) is 27.3. The van der Waals surface area contributed by atoms with E-state index >= 15 is 0 Å². The van der Waals surface area contributed by atoms with Crippen molar-refractivity contribution in [3.63, 3.8) is 0 Å². The Hall–Kier alpha value is -3.79. The number of hydrogen-bond acceptors (Lipinski definition) is 8. The van der Waals surface area contributed by atoms with Crippen LogP contribution >= 0.6 is 0 Å². The summed E-state index contributed by atoms with van der Waals surface area (Å²) >= 11 is 0. The van der Waals surface area contributed by atoms with Gasteiger partial charge in [0.2, 0.25) is 0 Å². The van der Waals surface area contributed by atoms with Gasteiger partial charge in [0.25, 0.3) is 0 Å². The highest BCUT2D eigenvalue weighted by atomic mass is 16.7. The summed E-state index contributed by atoms with van der Waals surface area (Å²) in [4.78, 5) is 37.6. The maximum atomic E-state index is 13.0. The van der Waals surface area contributed by atoms with Crippen LogP contribution in [0.25, 0.3) is 0 Å². The fourth-order valence-corrected chi connectivity index (χ4v) is 11.2. The van der Waals surface area contributed by atoms with Crippen LogP contribution in [0.15, 0.2) is 97.2 Å². The molecule has 0 bridgehead atoms. The number of rotatable bonds is 72. The monoisotopic (exact) mass is 1290 g/mol. The van der Waals surface area contributed by atoms with Crippen LogP contribution in [0, 0.1) is 0 Å². The fraction of sp³-hybridized carbons (Fsp3) is 0.771. The van der Waals surface area contributed by atoms with Crippen LogP contribution in [0.5, 0.6) is 0 Å². The zero-order chi connectivity index (χ0) is 66.8. The highest BCUT2D eigenvalue weighted by molar-refractivity contribution is 5.70. The average molecular weight is 1290 g/mol. The lowest BCUT2D eigenvalue weighted by Gasteiger charge is -2.26. The first-order valence-corrected chi connectivity index (χ1v) is 38.9. The maximum Gasteiger partial charge on any atom is 0.306 e. The number of unbranched alkanes of at least 4 members (excludes halogenated alkanes) is 41. The Kier molecular flexibility index (Phi) is 70.0. The Bertz CT molecular complexity index is 1840. The molecule has 0 N–H and O–H groups in total. The predicted octanol–water partition coefficient (Wildman–Crippen LogP) is 23.4. The number of carbonyl (C=O) groups excluding carboxylic acids is 3. The molecular formula is C83H147NO8. The van der Waals surface area contributed by atoms with Crippen molar-refractivity contribution in [3.05, 3.63) is 97.2 Å². The van der Waals surface area contributed by atoms with E-state index in [2.05, 4.69) is 111 Å². The Balaban J connectivity index is 4.03. The number of likely N-dealkylation sites (N-methyl/N-ethyl adjacent to an activating group) is 1. The zero-order valence-electron chi connectivity index (χ0n) is 60.9. The van der Waals surface area contributed by atoms with Crippen molar-refractivity contribution in [3.8, 4) is 0 Å². The summed E-state index contributed by atoms with van der Waals surface area (Å²) in [6, 6.07) is 0. The molecule has 0 fully saturated rings. The summed E-state index contributed by atoms with van der Waals surface area (Å²) in [5.41, 5.74) is 0. The quantitative estimate of drug-likeness (QED) is 0.0195. The van der Waals surface area contributed by atoms with Gasteiger partial charge in [-0.25, -0.2) is 0 Å². The maximum absolute atomic E-state index is 13.0. The van der Waals surface area contributed by atoms with Crippen LogP contribution in [0.1, 0.15) is 354 Å². The van der Waals surface area contributed by atoms with Gasteiger partial charge in [0.05, 0.1) is 40.3 Å².